The van der Waals surface area contributed by atoms with Gasteiger partial charge in [0.1, 0.15) is 0 Å². The van der Waals surface area contributed by atoms with E-state index in [0.29, 0.717) is 5.82 Å². The van der Waals surface area contributed by atoms with Crippen LogP contribution in [0, 0.1) is 5.82 Å². The molecule has 0 unspecified atom stereocenters. The number of hydrogen-bond acceptors (Lipinski definition) is 3. The van der Waals surface area contributed by atoms with Gasteiger partial charge in [0.15, 0.2) is 11.6 Å². The van der Waals surface area contributed by atoms with E-state index in [1.807, 2.05) is 30.3 Å². The van der Waals surface area contributed by atoms with Gasteiger partial charge in [-0.05, 0) is 23.8 Å². The zero-order chi connectivity index (χ0) is 13.1. The van der Waals surface area contributed by atoms with Gasteiger partial charge in [-0.2, -0.15) is 5.10 Å². The molecule has 0 spiro atoms. The quantitative estimate of drug-likeness (QED) is 0.720. The summed E-state index contributed by atoms with van der Waals surface area (Å²) in [7, 11) is 0. The van der Waals surface area contributed by atoms with Crippen molar-refractivity contribution in [1.82, 2.24) is 19.7 Å². The normalized spacial score (nSPS) is 10.6. The molecule has 0 amide bonds. The van der Waals surface area contributed by atoms with Gasteiger partial charge in [0, 0.05) is 24.5 Å². The largest absolute Gasteiger partial charge is 0.261 e. The van der Waals surface area contributed by atoms with Crippen LogP contribution in [0.3, 0.4) is 0 Å². The first-order valence-electron chi connectivity index (χ1n) is 5.87. The van der Waals surface area contributed by atoms with Crippen LogP contribution in [0.25, 0.3) is 5.82 Å². The van der Waals surface area contributed by atoms with Crippen LogP contribution in [0.2, 0.25) is 0 Å². The van der Waals surface area contributed by atoms with Crippen LogP contribution < -0.4 is 0 Å². The number of hydrogen-bond donors (Lipinski definition) is 0. The minimum atomic E-state index is -0.376. The van der Waals surface area contributed by atoms with Gasteiger partial charge in [-0.1, -0.05) is 12.1 Å². The van der Waals surface area contributed by atoms with E-state index in [9.17, 15) is 4.39 Å². The molecule has 0 N–H and O–H groups in total. The predicted octanol–water partition coefficient (Wildman–Crippen LogP) is 2.39. The summed E-state index contributed by atoms with van der Waals surface area (Å²) >= 11 is 0. The summed E-state index contributed by atoms with van der Waals surface area (Å²) in [5.74, 6) is 0.216. The van der Waals surface area contributed by atoms with Crippen molar-refractivity contribution in [2.24, 2.45) is 0 Å². The molecule has 0 radical (unpaired) electrons. The molecule has 0 aliphatic carbocycles. The van der Waals surface area contributed by atoms with Gasteiger partial charge in [-0.25, -0.2) is 14.1 Å². The fraction of sp³-hybridized carbons (Fsp3) is 0.0714. The van der Waals surface area contributed by atoms with E-state index in [1.165, 1.54) is 10.9 Å². The molecule has 5 heteroatoms. The van der Waals surface area contributed by atoms with Gasteiger partial charge < -0.3 is 0 Å². The molecule has 3 aromatic rings. The second-order valence-corrected chi connectivity index (χ2v) is 4.13. The molecule has 3 aromatic heterocycles. The molecule has 0 bridgehead atoms. The molecular formula is C14H11FN4. The smallest absolute Gasteiger partial charge is 0.161 e. The highest BCUT2D eigenvalue weighted by Gasteiger charge is 2.02. The Bertz CT molecular complexity index is 661. The Morgan fingerprint density at radius 2 is 2.00 bits per heavy atom. The average molecular weight is 254 g/mol. The minimum absolute atomic E-state index is 0.376. The molecule has 94 valence electrons. The van der Waals surface area contributed by atoms with Crippen LogP contribution in [0.4, 0.5) is 4.39 Å². The molecule has 0 fully saturated rings. The third-order valence-electron chi connectivity index (χ3n) is 2.71. The predicted molar refractivity (Wildman–Crippen MR) is 68.4 cm³/mol. The molecule has 4 nitrogen and oxygen atoms in total. The summed E-state index contributed by atoms with van der Waals surface area (Å²) in [6, 6.07) is 9.56. The van der Waals surface area contributed by atoms with Gasteiger partial charge in [0.25, 0.3) is 0 Å². The minimum Gasteiger partial charge on any atom is -0.261 e. The van der Waals surface area contributed by atoms with Crippen molar-refractivity contribution in [3.05, 3.63) is 72.2 Å². The first-order chi connectivity index (χ1) is 9.31. The Morgan fingerprint density at radius 1 is 1.05 bits per heavy atom. The van der Waals surface area contributed by atoms with Gasteiger partial charge in [0.2, 0.25) is 0 Å². The highest BCUT2D eigenvalue weighted by molar-refractivity contribution is 5.27. The Morgan fingerprint density at radius 3 is 2.63 bits per heavy atom. The van der Waals surface area contributed by atoms with E-state index in [1.54, 1.807) is 12.4 Å². The molecule has 0 atom stereocenters. The number of nitrogens with zero attached hydrogens (tertiary/aromatic N) is 4. The van der Waals surface area contributed by atoms with E-state index in [4.69, 9.17) is 0 Å². The van der Waals surface area contributed by atoms with Crippen LogP contribution in [-0.2, 0) is 6.42 Å². The summed E-state index contributed by atoms with van der Waals surface area (Å²) in [6.07, 6.45) is 6.69. The van der Waals surface area contributed by atoms with Crippen molar-refractivity contribution >= 4 is 0 Å². The topological polar surface area (TPSA) is 43.6 Å². The maximum absolute atomic E-state index is 12.9. The summed E-state index contributed by atoms with van der Waals surface area (Å²) < 4.78 is 14.3. The number of rotatable bonds is 3. The Balaban J connectivity index is 1.79. The van der Waals surface area contributed by atoms with Crippen LogP contribution in [0.15, 0.2) is 55.1 Å². The highest BCUT2D eigenvalue weighted by atomic mass is 19.1. The summed E-state index contributed by atoms with van der Waals surface area (Å²) in [5, 5.41) is 3.87. The molecule has 0 saturated heterocycles. The van der Waals surface area contributed by atoms with Gasteiger partial charge >= 0.3 is 0 Å². The second kappa shape index (κ2) is 4.97. The fourth-order valence-corrected chi connectivity index (χ4v) is 1.79. The SMILES string of the molecule is Fc1cnn(-c2ccc(Cc3ccccn3)cn2)c1. The third kappa shape index (κ3) is 2.65. The third-order valence-corrected chi connectivity index (χ3v) is 2.71. The highest BCUT2D eigenvalue weighted by Crippen LogP contribution is 2.09. The number of halogens is 1. The summed E-state index contributed by atoms with van der Waals surface area (Å²) in [4.78, 5) is 8.53. The monoisotopic (exact) mass is 254 g/mol. The zero-order valence-corrected chi connectivity index (χ0v) is 10.1. The van der Waals surface area contributed by atoms with E-state index in [-0.39, 0.29) is 5.82 Å². The van der Waals surface area contributed by atoms with E-state index in [0.717, 1.165) is 23.9 Å². The Hall–Kier alpha value is -2.56. The lowest BCUT2D eigenvalue weighted by Gasteiger charge is -2.03. The molecule has 0 aliphatic rings. The molecule has 3 heterocycles. The summed E-state index contributed by atoms with van der Waals surface area (Å²) in [6.45, 7) is 0. The fourth-order valence-electron chi connectivity index (χ4n) is 1.79. The maximum Gasteiger partial charge on any atom is 0.161 e. The Labute approximate surface area is 109 Å². The zero-order valence-electron chi connectivity index (χ0n) is 10.1. The molecular weight excluding hydrogens is 243 g/mol. The van der Waals surface area contributed by atoms with Crippen molar-refractivity contribution in [1.29, 1.82) is 0 Å². The summed E-state index contributed by atoms with van der Waals surface area (Å²) in [5.41, 5.74) is 2.04. The van der Waals surface area contributed by atoms with E-state index < -0.39 is 0 Å². The Kier molecular flexibility index (Phi) is 3.02. The second-order valence-electron chi connectivity index (χ2n) is 4.13. The van der Waals surface area contributed by atoms with Crippen molar-refractivity contribution < 1.29 is 4.39 Å². The van der Waals surface area contributed by atoms with Gasteiger partial charge in [-0.15, -0.1) is 0 Å². The first kappa shape index (κ1) is 11.5. The van der Waals surface area contributed by atoms with Crippen LogP contribution in [-0.4, -0.2) is 19.7 Å². The number of aromatic nitrogens is 4. The van der Waals surface area contributed by atoms with Crippen molar-refractivity contribution in [3.63, 3.8) is 0 Å². The average Bonchev–Trinajstić information content (AvgIpc) is 2.87. The standard InChI is InChI=1S/C14H11FN4/c15-12-9-18-19(10-12)14-5-4-11(8-17-14)7-13-3-1-2-6-16-13/h1-6,8-10H,7H2. The van der Waals surface area contributed by atoms with Crippen LogP contribution in [0.5, 0.6) is 0 Å². The number of pyridine rings is 2. The van der Waals surface area contributed by atoms with Crippen LogP contribution in [0.1, 0.15) is 11.3 Å². The van der Waals surface area contributed by atoms with Crippen molar-refractivity contribution in [2.45, 2.75) is 6.42 Å². The molecule has 0 aromatic carbocycles. The van der Waals surface area contributed by atoms with Crippen molar-refractivity contribution in [2.75, 3.05) is 0 Å². The molecule has 0 saturated carbocycles. The lowest BCUT2D eigenvalue weighted by Crippen LogP contribution is -1.99. The molecule has 3 rings (SSSR count). The van der Waals surface area contributed by atoms with E-state index in [2.05, 4.69) is 15.1 Å². The van der Waals surface area contributed by atoms with Crippen LogP contribution >= 0.6 is 0 Å². The lowest BCUT2D eigenvalue weighted by molar-refractivity contribution is 0.627. The van der Waals surface area contributed by atoms with E-state index >= 15 is 0 Å². The van der Waals surface area contributed by atoms with Gasteiger partial charge in [0.05, 0.1) is 12.4 Å². The van der Waals surface area contributed by atoms with Crippen molar-refractivity contribution in [3.8, 4) is 5.82 Å². The van der Waals surface area contributed by atoms with Gasteiger partial charge in [-0.3, -0.25) is 4.98 Å². The maximum atomic E-state index is 12.9. The molecule has 0 aliphatic heterocycles. The molecule has 19 heavy (non-hydrogen) atoms. The first-order valence-corrected chi connectivity index (χ1v) is 5.87. The lowest BCUT2D eigenvalue weighted by atomic mass is 10.1.